The van der Waals surface area contributed by atoms with E-state index in [9.17, 15) is 4.79 Å². The Bertz CT molecular complexity index is 655. The second-order valence-electron chi connectivity index (χ2n) is 5.62. The van der Waals surface area contributed by atoms with Gasteiger partial charge in [-0.2, -0.15) is 0 Å². The summed E-state index contributed by atoms with van der Waals surface area (Å²) in [6.07, 6.45) is 1.60. The molecule has 23 heavy (non-hydrogen) atoms. The molecule has 0 radical (unpaired) electrons. The Kier molecular flexibility index (Phi) is 5.56. The van der Waals surface area contributed by atoms with Gasteiger partial charge in [0, 0.05) is 7.05 Å². The van der Waals surface area contributed by atoms with E-state index in [1.54, 1.807) is 10.9 Å². The Morgan fingerprint density at radius 1 is 1.30 bits per heavy atom. The summed E-state index contributed by atoms with van der Waals surface area (Å²) in [5.74, 6) is 1.53. The van der Waals surface area contributed by atoms with Crippen LogP contribution in [0.15, 0.2) is 30.6 Å². The minimum absolute atomic E-state index is 0.124. The zero-order valence-electron chi connectivity index (χ0n) is 13.9. The van der Waals surface area contributed by atoms with Crippen LogP contribution >= 0.6 is 0 Å². The molecule has 2 N–H and O–H groups in total. The van der Waals surface area contributed by atoms with E-state index in [1.807, 2.05) is 52.1 Å². The normalized spacial score (nSPS) is 13.2. The maximum atomic E-state index is 12.0. The maximum absolute atomic E-state index is 12.0. The molecule has 2 amide bonds. The minimum atomic E-state index is -0.263. The Labute approximate surface area is 136 Å². The first-order chi connectivity index (χ1) is 11.0. The van der Waals surface area contributed by atoms with Crippen molar-refractivity contribution in [2.45, 2.75) is 32.9 Å². The molecule has 2 atom stereocenters. The quantitative estimate of drug-likeness (QED) is 0.853. The fraction of sp³-hybridized carbons (Fsp3) is 0.438. The second-order valence-corrected chi connectivity index (χ2v) is 5.62. The van der Waals surface area contributed by atoms with Crippen molar-refractivity contribution in [1.29, 1.82) is 0 Å². The molecule has 0 aliphatic heterocycles. The van der Waals surface area contributed by atoms with Gasteiger partial charge in [0.1, 0.15) is 18.7 Å². The van der Waals surface area contributed by atoms with Crippen molar-refractivity contribution in [3.05, 3.63) is 42.0 Å². The summed E-state index contributed by atoms with van der Waals surface area (Å²) in [6.45, 7) is 6.14. The first-order valence-corrected chi connectivity index (χ1v) is 7.56. The van der Waals surface area contributed by atoms with Crippen LogP contribution in [-0.4, -0.2) is 33.4 Å². The lowest BCUT2D eigenvalue weighted by Gasteiger charge is -2.18. The third kappa shape index (κ3) is 4.70. The van der Waals surface area contributed by atoms with Gasteiger partial charge in [0.25, 0.3) is 0 Å². The van der Waals surface area contributed by atoms with Crippen LogP contribution in [0.5, 0.6) is 5.75 Å². The highest BCUT2D eigenvalue weighted by Gasteiger charge is 2.15. The van der Waals surface area contributed by atoms with Gasteiger partial charge in [-0.25, -0.2) is 4.79 Å². The van der Waals surface area contributed by atoms with E-state index < -0.39 is 0 Å². The van der Waals surface area contributed by atoms with Crippen molar-refractivity contribution in [2.75, 3.05) is 6.61 Å². The van der Waals surface area contributed by atoms with Gasteiger partial charge < -0.3 is 19.9 Å². The largest absolute Gasteiger partial charge is 0.491 e. The molecule has 7 nitrogen and oxygen atoms in total. The molecule has 0 aliphatic rings. The number of carbonyl (C=O) groups excluding carboxylic acids is 1. The van der Waals surface area contributed by atoms with Gasteiger partial charge in [0.15, 0.2) is 5.82 Å². The highest BCUT2D eigenvalue weighted by molar-refractivity contribution is 5.74. The number of hydrogen-bond acceptors (Lipinski definition) is 4. The number of aromatic nitrogens is 3. The summed E-state index contributed by atoms with van der Waals surface area (Å²) in [5.41, 5.74) is 1.07. The number of amides is 2. The van der Waals surface area contributed by atoms with Gasteiger partial charge in [-0.05, 0) is 32.4 Å². The van der Waals surface area contributed by atoms with Crippen LogP contribution in [0.2, 0.25) is 0 Å². The van der Waals surface area contributed by atoms with Gasteiger partial charge in [0.05, 0.1) is 12.1 Å². The predicted molar refractivity (Wildman–Crippen MR) is 87.2 cm³/mol. The predicted octanol–water partition coefficient (Wildman–Crippen LogP) is 1.95. The molecule has 7 heteroatoms. The Hall–Kier alpha value is -2.57. The van der Waals surface area contributed by atoms with Crippen LogP contribution in [0.25, 0.3) is 0 Å². The summed E-state index contributed by atoms with van der Waals surface area (Å²) in [6, 6.07) is 7.18. The average Bonchev–Trinajstić information content (AvgIpc) is 2.92. The van der Waals surface area contributed by atoms with Crippen LogP contribution in [0, 0.1) is 6.92 Å². The molecular formula is C16H23N5O2. The molecule has 0 bridgehead atoms. The lowest BCUT2D eigenvalue weighted by molar-refractivity contribution is 0.223. The summed E-state index contributed by atoms with van der Waals surface area (Å²) in [5, 5.41) is 13.5. The third-order valence-corrected chi connectivity index (χ3v) is 3.44. The number of aryl methyl sites for hydroxylation is 2. The van der Waals surface area contributed by atoms with Crippen molar-refractivity contribution < 1.29 is 9.53 Å². The fourth-order valence-electron chi connectivity index (χ4n) is 2.19. The molecule has 0 aliphatic carbocycles. The minimum Gasteiger partial charge on any atom is -0.491 e. The maximum Gasteiger partial charge on any atom is 0.315 e. The number of rotatable bonds is 6. The van der Waals surface area contributed by atoms with Crippen LogP contribution in [0.1, 0.15) is 31.3 Å². The molecule has 0 fully saturated rings. The standard InChI is InChI=1S/C16H23N5O2/c1-11-7-5-6-8-14(11)23-9-12(2)18-16(22)19-13(3)15-20-17-10-21(15)4/h5-8,10,12-13H,9H2,1-4H3,(H2,18,19,22)/t12-,13+/m0/s1. The van der Waals surface area contributed by atoms with Crippen molar-refractivity contribution in [3.8, 4) is 5.75 Å². The number of hydrogen-bond donors (Lipinski definition) is 2. The first-order valence-electron chi connectivity index (χ1n) is 7.56. The van der Waals surface area contributed by atoms with E-state index in [1.165, 1.54) is 0 Å². The summed E-state index contributed by atoms with van der Waals surface area (Å²) in [7, 11) is 1.84. The topological polar surface area (TPSA) is 81.1 Å². The molecular weight excluding hydrogens is 294 g/mol. The molecule has 124 valence electrons. The van der Waals surface area contributed by atoms with Crippen molar-refractivity contribution >= 4 is 6.03 Å². The average molecular weight is 317 g/mol. The van der Waals surface area contributed by atoms with Crippen molar-refractivity contribution in [3.63, 3.8) is 0 Å². The number of nitrogens with zero attached hydrogens (tertiary/aromatic N) is 3. The molecule has 0 saturated carbocycles. The molecule has 1 aromatic carbocycles. The number of nitrogens with one attached hydrogen (secondary N) is 2. The molecule has 1 heterocycles. The molecule has 0 saturated heterocycles. The zero-order valence-corrected chi connectivity index (χ0v) is 13.9. The Morgan fingerprint density at radius 2 is 2.04 bits per heavy atom. The number of benzene rings is 1. The number of para-hydroxylation sites is 1. The lowest BCUT2D eigenvalue weighted by Crippen LogP contribution is -2.44. The molecule has 0 unspecified atom stereocenters. The summed E-state index contributed by atoms with van der Waals surface area (Å²) < 4.78 is 7.50. The smallest absolute Gasteiger partial charge is 0.315 e. The van der Waals surface area contributed by atoms with Crippen LogP contribution in [0.3, 0.4) is 0 Å². The second kappa shape index (κ2) is 7.62. The Morgan fingerprint density at radius 3 is 2.70 bits per heavy atom. The first kappa shape index (κ1) is 16.8. The molecule has 2 aromatic rings. The molecule has 1 aromatic heterocycles. The van der Waals surface area contributed by atoms with Crippen LogP contribution < -0.4 is 15.4 Å². The Balaban J connectivity index is 1.78. The van der Waals surface area contributed by atoms with E-state index >= 15 is 0 Å². The van der Waals surface area contributed by atoms with Crippen molar-refractivity contribution in [2.24, 2.45) is 7.05 Å². The number of ether oxygens (including phenoxy) is 1. The number of urea groups is 1. The zero-order chi connectivity index (χ0) is 16.8. The fourth-order valence-corrected chi connectivity index (χ4v) is 2.19. The van der Waals surface area contributed by atoms with E-state index in [-0.39, 0.29) is 18.1 Å². The molecule has 2 rings (SSSR count). The van der Waals surface area contributed by atoms with Crippen LogP contribution in [-0.2, 0) is 7.05 Å². The SMILES string of the molecule is Cc1ccccc1OC[C@H](C)NC(=O)N[C@H](C)c1nncn1C. The van der Waals surface area contributed by atoms with E-state index in [4.69, 9.17) is 4.74 Å². The summed E-state index contributed by atoms with van der Waals surface area (Å²) in [4.78, 5) is 12.0. The molecule has 0 spiro atoms. The monoisotopic (exact) mass is 317 g/mol. The highest BCUT2D eigenvalue weighted by atomic mass is 16.5. The summed E-state index contributed by atoms with van der Waals surface area (Å²) >= 11 is 0. The van der Waals surface area contributed by atoms with Gasteiger partial charge in [-0.1, -0.05) is 18.2 Å². The third-order valence-electron chi connectivity index (χ3n) is 3.44. The van der Waals surface area contributed by atoms with Gasteiger partial charge in [-0.15, -0.1) is 10.2 Å². The van der Waals surface area contributed by atoms with E-state index in [0.717, 1.165) is 11.3 Å². The van der Waals surface area contributed by atoms with E-state index in [2.05, 4.69) is 20.8 Å². The lowest BCUT2D eigenvalue weighted by atomic mass is 10.2. The van der Waals surface area contributed by atoms with Crippen molar-refractivity contribution in [1.82, 2.24) is 25.4 Å². The van der Waals surface area contributed by atoms with Gasteiger partial charge in [-0.3, -0.25) is 0 Å². The van der Waals surface area contributed by atoms with Gasteiger partial charge >= 0.3 is 6.03 Å². The number of carbonyl (C=O) groups is 1. The van der Waals surface area contributed by atoms with Gasteiger partial charge in [0.2, 0.25) is 0 Å². The highest BCUT2D eigenvalue weighted by Crippen LogP contribution is 2.16. The van der Waals surface area contributed by atoms with Crippen LogP contribution in [0.4, 0.5) is 4.79 Å². The van der Waals surface area contributed by atoms with E-state index in [0.29, 0.717) is 12.4 Å².